The minimum absolute atomic E-state index is 0.0281. The molecule has 2 amide bonds. The van der Waals surface area contributed by atoms with E-state index in [0.717, 1.165) is 9.87 Å². The van der Waals surface area contributed by atoms with Gasteiger partial charge in [0.1, 0.15) is 12.6 Å². The second-order valence-electron chi connectivity index (χ2n) is 10.8. The molecule has 214 valence electrons. The Morgan fingerprint density at radius 3 is 2.17 bits per heavy atom. The van der Waals surface area contributed by atoms with Gasteiger partial charge in [0.2, 0.25) is 11.8 Å². The van der Waals surface area contributed by atoms with E-state index in [4.69, 9.17) is 23.2 Å². The Morgan fingerprint density at radius 1 is 0.950 bits per heavy atom. The van der Waals surface area contributed by atoms with Crippen LogP contribution in [0.4, 0.5) is 5.69 Å². The fourth-order valence-corrected chi connectivity index (χ4v) is 6.18. The van der Waals surface area contributed by atoms with E-state index in [1.807, 2.05) is 33.8 Å². The van der Waals surface area contributed by atoms with Gasteiger partial charge in [0.05, 0.1) is 10.6 Å². The first-order valence-electron chi connectivity index (χ1n) is 12.8. The van der Waals surface area contributed by atoms with Crippen molar-refractivity contribution in [1.82, 2.24) is 10.2 Å². The molecular weight excluding hydrogens is 569 g/mol. The molecule has 0 saturated heterocycles. The molecule has 40 heavy (non-hydrogen) atoms. The number of hydrogen-bond donors (Lipinski definition) is 1. The predicted octanol–water partition coefficient (Wildman–Crippen LogP) is 6.14. The van der Waals surface area contributed by atoms with Crippen LogP contribution in [0, 0.1) is 13.8 Å². The van der Waals surface area contributed by atoms with Gasteiger partial charge in [0.25, 0.3) is 10.0 Å². The number of carbonyl (C=O) groups excluding carboxylic acids is 2. The number of nitrogens with one attached hydrogen (secondary N) is 1. The van der Waals surface area contributed by atoms with E-state index in [1.165, 1.54) is 17.0 Å². The predicted molar refractivity (Wildman–Crippen MR) is 161 cm³/mol. The Bertz CT molecular complexity index is 1490. The molecule has 7 nitrogen and oxygen atoms in total. The molecule has 1 N–H and O–H groups in total. The van der Waals surface area contributed by atoms with Crippen LogP contribution >= 0.6 is 23.2 Å². The molecule has 3 aromatic carbocycles. The summed E-state index contributed by atoms with van der Waals surface area (Å²) < 4.78 is 28.9. The van der Waals surface area contributed by atoms with Crippen LogP contribution in [0.15, 0.2) is 71.6 Å². The van der Waals surface area contributed by atoms with Crippen LogP contribution < -0.4 is 9.62 Å². The number of amides is 2. The number of carbonyl (C=O) groups is 2. The van der Waals surface area contributed by atoms with Gasteiger partial charge in [-0.3, -0.25) is 13.9 Å². The van der Waals surface area contributed by atoms with E-state index in [0.29, 0.717) is 26.9 Å². The molecule has 0 heterocycles. The van der Waals surface area contributed by atoms with Crippen LogP contribution in [0.1, 0.15) is 44.4 Å². The summed E-state index contributed by atoms with van der Waals surface area (Å²) in [6.45, 7) is 10.3. The zero-order chi connectivity index (χ0) is 29.8. The molecule has 10 heteroatoms. The number of aryl methyl sites for hydroxylation is 2. The third kappa shape index (κ3) is 7.77. The van der Waals surface area contributed by atoms with Gasteiger partial charge >= 0.3 is 0 Å². The van der Waals surface area contributed by atoms with Crippen molar-refractivity contribution in [1.29, 1.82) is 0 Å². The fourth-order valence-electron chi connectivity index (χ4n) is 4.21. The lowest BCUT2D eigenvalue weighted by molar-refractivity contribution is -0.140. The fraction of sp³-hybridized carbons (Fsp3) is 0.333. The van der Waals surface area contributed by atoms with Crippen LogP contribution in [-0.4, -0.2) is 43.3 Å². The van der Waals surface area contributed by atoms with Crippen molar-refractivity contribution in [3.8, 4) is 0 Å². The van der Waals surface area contributed by atoms with Gasteiger partial charge < -0.3 is 10.2 Å². The Balaban J connectivity index is 2.08. The number of hydrogen-bond acceptors (Lipinski definition) is 4. The van der Waals surface area contributed by atoms with Crippen molar-refractivity contribution in [2.24, 2.45) is 0 Å². The maximum Gasteiger partial charge on any atom is 0.264 e. The van der Waals surface area contributed by atoms with Crippen LogP contribution in [0.5, 0.6) is 0 Å². The molecule has 3 rings (SSSR count). The molecule has 0 saturated carbocycles. The molecule has 0 aromatic heterocycles. The average Bonchev–Trinajstić information content (AvgIpc) is 2.86. The second kappa shape index (κ2) is 12.6. The van der Waals surface area contributed by atoms with Gasteiger partial charge in [-0.25, -0.2) is 8.42 Å². The van der Waals surface area contributed by atoms with Crippen LogP contribution in [0.25, 0.3) is 0 Å². The summed E-state index contributed by atoms with van der Waals surface area (Å²) in [4.78, 5) is 28.6. The van der Waals surface area contributed by atoms with Gasteiger partial charge in [0.15, 0.2) is 0 Å². The summed E-state index contributed by atoms with van der Waals surface area (Å²) in [7, 11) is -4.14. The molecule has 0 spiro atoms. The lowest BCUT2D eigenvalue weighted by Gasteiger charge is -2.34. The molecule has 0 aliphatic heterocycles. The lowest BCUT2D eigenvalue weighted by Crippen LogP contribution is -2.54. The third-order valence-corrected chi connectivity index (χ3v) is 8.61. The molecular formula is C30H35Cl2N3O4S. The number of anilines is 1. The Kier molecular flexibility index (Phi) is 9.93. The summed E-state index contributed by atoms with van der Waals surface area (Å²) in [5, 5.41) is 3.66. The topological polar surface area (TPSA) is 86.8 Å². The first kappa shape index (κ1) is 31.5. The van der Waals surface area contributed by atoms with E-state index in [-0.39, 0.29) is 17.3 Å². The number of sulfonamides is 1. The molecule has 0 radical (unpaired) electrons. The van der Waals surface area contributed by atoms with E-state index in [1.54, 1.807) is 62.4 Å². The van der Waals surface area contributed by atoms with Crippen molar-refractivity contribution in [3.63, 3.8) is 0 Å². The Labute approximate surface area is 247 Å². The summed E-state index contributed by atoms with van der Waals surface area (Å²) in [5.74, 6) is -0.947. The molecule has 0 aliphatic rings. The molecule has 1 unspecified atom stereocenters. The molecule has 0 bridgehead atoms. The second-order valence-corrected chi connectivity index (χ2v) is 13.5. The number of benzene rings is 3. The third-order valence-electron chi connectivity index (χ3n) is 6.25. The van der Waals surface area contributed by atoms with Gasteiger partial charge in [-0.15, -0.1) is 0 Å². The number of halogens is 2. The molecule has 0 fully saturated rings. The largest absolute Gasteiger partial charge is 0.350 e. The first-order valence-corrected chi connectivity index (χ1v) is 15.0. The van der Waals surface area contributed by atoms with E-state index >= 15 is 0 Å². The van der Waals surface area contributed by atoms with Crippen LogP contribution in [0.2, 0.25) is 10.0 Å². The first-order chi connectivity index (χ1) is 18.6. The van der Waals surface area contributed by atoms with Crippen molar-refractivity contribution in [2.45, 2.75) is 64.6 Å². The summed E-state index contributed by atoms with van der Waals surface area (Å²) in [5.41, 5.74) is 2.05. The van der Waals surface area contributed by atoms with Crippen molar-refractivity contribution in [2.75, 3.05) is 10.8 Å². The summed E-state index contributed by atoms with van der Waals surface area (Å²) >= 11 is 12.5. The van der Waals surface area contributed by atoms with Gasteiger partial charge in [0, 0.05) is 22.1 Å². The zero-order valence-electron chi connectivity index (χ0n) is 23.5. The SMILES string of the molecule is Cc1ccc(N(CC(=O)N(Cc2ccc(Cl)cc2Cl)C(C)C(=O)NC(C)(C)C)S(=O)(=O)c2ccccc2)c(C)c1. The quantitative estimate of drug-likeness (QED) is 0.318. The van der Waals surface area contributed by atoms with Gasteiger partial charge in [-0.1, -0.05) is 65.2 Å². The smallest absolute Gasteiger partial charge is 0.264 e. The highest BCUT2D eigenvalue weighted by atomic mass is 35.5. The Morgan fingerprint density at radius 2 is 1.60 bits per heavy atom. The number of nitrogens with zero attached hydrogens (tertiary/aromatic N) is 2. The van der Waals surface area contributed by atoms with Crippen molar-refractivity contribution in [3.05, 3.63) is 93.5 Å². The average molecular weight is 605 g/mol. The van der Waals surface area contributed by atoms with E-state index < -0.39 is 34.1 Å². The lowest BCUT2D eigenvalue weighted by atomic mass is 10.1. The molecule has 1 atom stereocenters. The van der Waals surface area contributed by atoms with Gasteiger partial charge in [-0.05, 0) is 83.0 Å². The number of rotatable bonds is 9. The van der Waals surface area contributed by atoms with Crippen LogP contribution in [-0.2, 0) is 26.2 Å². The zero-order valence-corrected chi connectivity index (χ0v) is 25.9. The standard InChI is InChI=1S/C30H35Cl2N3O4S/c1-20-12-15-27(21(2)16-20)35(40(38,39)25-10-8-7-9-11-25)19-28(36)34(22(3)29(37)33-30(4,5)6)18-23-13-14-24(31)17-26(23)32/h7-17,22H,18-19H2,1-6H3,(H,33,37). The highest BCUT2D eigenvalue weighted by molar-refractivity contribution is 7.92. The van der Waals surface area contributed by atoms with Gasteiger partial charge in [-0.2, -0.15) is 0 Å². The minimum Gasteiger partial charge on any atom is -0.350 e. The maximum atomic E-state index is 14.0. The van der Waals surface area contributed by atoms with Crippen molar-refractivity contribution >= 4 is 50.7 Å². The summed E-state index contributed by atoms with van der Waals surface area (Å²) in [6, 6.07) is 17.3. The maximum absolute atomic E-state index is 14.0. The minimum atomic E-state index is -4.14. The Hall–Kier alpha value is -3.07. The van der Waals surface area contributed by atoms with Crippen molar-refractivity contribution < 1.29 is 18.0 Å². The monoisotopic (exact) mass is 603 g/mol. The summed E-state index contributed by atoms with van der Waals surface area (Å²) in [6.07, 6.45) is 0. The van der Waals surface area contributed by atoms with Crippen LogP contribution in [0.3, 0.4) is 0 Å². The van der Waals surface area contributed by atoms with E-state index in [2.05, 4.69) is 5.32 Å². The van der Waals surface area contributed by atoms with E-state index in [9.17, 15) is 18.0 Å². The highest BCUT2D eigenvalue weighted by Crippen LogP contribution is 2.29. The highest BCUT2D eigenvalue weighted by Gasteiger charge is 2.34. The molecule has 3 aromatic rings. The molecule has 0 aliphatic carbocycles. The normalized spacial score (nSPS) is 12.5.